The summed E-state index contributed by atoms with van der Waals surface area (Å²) in [7, 11) is 0. The Morgan fingerprint density at radius 3 is 0.900 bits per heavy atom. The van der Waals surface area contributed by atoms with Gasteiger partial charge < -0.3 is 4.74 Å². The molecule has 0 saturated heterocycles. The van der Waals surface area contributed by atoms with Crippen molar-refractivity contribution in [1.82, 2.24) is 0 Å². The molecule has 0 bridgehead atoms. The Labute approximate surface area is 63.1 Å². The van der Waals surface area contributed by atoms with Gasteiger partial charge in [-0.15, -0.1) is 0 Å². The summed E-state index contributed by atoms with van der Waals surface area (Å²) in [6, 6.07) is 0. The highest BCUT2D eigenvalue weighted by Crippen LogP contribution is 2.17. The van der Waals surface area contributed by atoms with Crippen molar-refractivity contribution in [2.75, 3.05) is 0 Å². The van der Waals surface area contributed by atoms with E-state index in [4.69, 9.17) is 4.74 Å². The van der Waals surface area contributed by atoms with E-state index in [0.717, 1.165) is 0 Å². The number of ether oxygens (including phenoxy) is 1. The van der Waals surface area contributed by atoms with E-state index in [1.165, 1.54) is 0 Å². The van der Waals surface area contributed by atoms with Gasteiger partial charge >= 0.3 is 0 Å². The molecule has 10 heavy (non-hydrogen) atoms. The Hall–Kier alpha value is -0.110. The van der Waals surface area contributed by atoms with Crippen molar-refractivity contribution >= 4 is 0 Å². The van der Waals surface area contributed by atoms with Crippen molar-refractivity contribution in [3.8, 4) is 0 Å². The van der Waals surface area contributed by atoms with Gasteiger partial charge in [0.2, 0.25) is 0 Å². The molecular weight excluding hydrogens is 131 g/mol. The molecule has 0 rings (SSSR count). The molecule has 0 heterocycles. The van der Waals surface area contributed by atoms with Crippen molar-refractivity contribution in [3.63, 3.8) is 0 Å². The third-order valence-corrected chi connectivity index (χ3v) is 0.612. The molecule has 0 amide bonds. The normalized spacial score (nSPS) is 12.6. The third-order valence-electron chi connectivity index (χ3n) is 0.612. The summed E-state index contributed by atoms with van der Waals surface area (Å²) in [5.41, 5.74) is -0.0312. The van der Waals surface area contributed by atoms with Crippen LogP contribution in [0.5, 0.6) is 0 Å². The molecule has 0 atom stereocenters. The maximum atomic E-state index is 5.62. The highest BCUT2D eigenvalue weighted by molar-refractivity contribution is 4.68. The fourth-order valence-corrected chi connectivity index (χ4v) is 0.919. The molecule has 0 aromatic carbocycles. The molecule has 1 nitrogen and oxygen atoms in total. The lowest BCUT2D eigenvalue weighted by Crippen LogP contribution is -2.31. The monoisotopic (exact) mass is 150 g/mol. The van der Waals surface area contributed by atoms with Crippen LogP contribution in [0.2, 0.25) is 0 Å². The maximum Gasteiger partial charge on any atom is 0.0605 e. The summed E-state index contributed by atoms with van der Waals surface area (Å²) in [6.45, 7) is 12.4. The van der Waals surface area contributed by atoms with E-state index in [0.29, 0.717) is 0 Å². The van der Waals surface area contributed by atoms with E-state index >= 15 is 0 Å². The largest absolute Gasteiger partial charge is 0.370 e. The molecule has 64 valence electrons. The maximum absolute atomic E-state index is 5.62. The summed E-state index contributed by atoms with van der Waals surface area (Å²) in [6.07, 6.45) is 0. The van der Waals surface area contributed by atoms with Crippen molar-refractivity contribution in [2.24, 2.45) is 0 Å². The Morgan fingerprint density at radius 2 is 0.900 bits per heavy atom. The number of hydrogen-bond acceptors (Lipinski definition) is 1. The average Bonchev–Trinajstić information content (AvgIpc) is 1.14. The van der Waals surface area contributed by atoms with Crippen molar-refractivity contribution in [2.45, 2.75) is 52.7 Å². The minimum absolute atomic E-state index is 0. The van der Waals surface area contributed by atoms with Crippen LogP contribution in [0.15, 0.2) is 0 Å². The van der Waals surface area contributed by atoms with Crippen molar-refractivity contribution in [1.29, 1.82) is 0 Å². The van der Waals surface area contributed by atoms with Gasteiger partial charge in [-0.05, 0) is 41.5 Å². The molecule has 0 aromatic rings. The van der Waals surface area contributed by atoms with Crippen LogP contribution in [0.25, 0.3) is 0 Å². The fourth-order valence-electron chi connectivity index (χ4n) is 0.919. The number of halogens is 1. The first kappa shape index (κ1) is 12.6. The minimum Gasteiger partial charge on any atom is -0.370 e. The van der Waals surface area contributed by atoms with E-state index < -0.39 is 0 Å². The lowest BCUT2D eigenvalue weighted by atomic mass is 10.1. The number of hydrogen-bond donors (Lipinski definition) is 0. The smallest absolute Gasteiger partial charge is 0.0605 e. The first-order valence-corrected chi connectivity index (χ1v) is 3.41. The molecule has 0 N–H and O–H groups in total. The zero-order valence-electron chi connectivity index (χ0n) is 7.82. The van der Waals surface area contributed by atoms with E-state index in [1.54, 1.807) is 0 Å². The van der Waals surface area contributed by atoms with Crippen LogP contribution in [0.3, 0.4) is 0 Å². The van der Waals surface area contributed by atoms with Crippen molar-refractivity contribution < 1.29 is 9.44 Å². The summed E-state index contributed by atoms with van der Waals surface area (Å²) in [5, 5.41) is 0. The SMILES string of the molecule is CC(C)(C)OC(C)(C)C.F. The molecule has 0 saturated carbocycles. The number of rotatable bonds is 0. The zero-order valence-corrected chi connectivity index (χ0v) is 7.82. The first-order valence-electron chi connectivity index (χ1n) is 3.41. The van der Waals surface area contributed by atoms with Crippen LogP contribution in [0.4, 0.5) is 4.70 Å². The van der Waals surface area contributed by atoms with Crippen LogP contribution in [0.1, 0.15) is 41.5 Å². The predicted octanol–water partition coefficient (Wildman–Crippen LogP) is 2.75. The molecular formula is C8H19FO. The van der Waals surface area contributed by atoms with Gasteiger partial charge in [0.1, 0.15) is 0 Å². The molecule has 0 unspecified atom stereocenters. The van der Waals surface area contributed by atoms with Crippen LogP contribution >= 0.6 is 0 Å². The molecule has 0 aliphatic heterocycles. The van der Waals surface area contributed by atoms with E-state index in [-0.39, 0.29) is 15.9 Å². The second-order valence-corrected chi connectivity index (χ2v) is 4.33. The molecule has 2 heteroatoms. The Balaban J connectivity index is 0. The third kappa shape index (κ3) is 10.8. The zero-order chi connectivity index (χ0) is 7.71. The molecule has 0 aliphatic rings. The second-order valence-electron chi connectivity index (χ2n) is 4.33. The summed E-state index contributed by atoms with van der Waals surface area (Å²) >= 11 is 0. The van der Waals surface area contributed by atoms with Gasteiger partial charge in [-0.25, -0.2) is 0 Å². The van der Waals surface area contributed by atoms with Gasteiger partial charge in [0.25, 0.3) is 0 Å². The van der Waals surface area contributed by atoms with E-state index in [2.05, 4.69) is 41.5 Å². The molecule has 0 fully saturated rings. The van der Waals surface area contributed by atoms with Gasteiger partial charge in [0.05, 0.1) is 11.2 Å². The lowest BCUT2D eigenvalue weighted by molar-refractivity contribution is -0.102. The second kappa shape index (κ2) is 3.33. The summed E-state index contributed by atoms with van der Waals surface area (Å²) in [4.78, 5) is 0. The highest BCUT2D eigenvalue weighted by atomic mass is 19.0. The van der Waals surface area contributed by atoms with Crippen LogP contribution in [-0.2, 0) is 4.74 Å². The van der Waals surface area contributed by atoms with E-state index in [9.17, 15) is 0 Å². The van der Waals surface area contributed by atoms with Crippen LogP contribution in [0, 0.1) is 0 Å². The van der Waals surface area contributed by atoms with Crippen LogP contribution < -0.4 is 0 Å². The Kier molecular flexibility index (Phi) is 4.18. The van der Waals surface area contributed by atoms with E-state index in [1.807, 2.05) is 0 Å². The fraction of sp³-hybridized carbons (Fsp3) is 1.00. The topological polar surface area (TPSA) is 9.23 Å². The molecule has 0 spiro atoms. The molecule has 0 radical (unpaired) electrons. The average molecular weight is 150 g/mol. The highest BCUT2D eigenvalue weighted by Gasteiger charge is 2.19. The molecule has 0 aliphatic carbocycles. The standard InChI is InChI=1S/C8H18O.FH/c1-7(2,3)9-8(4,5)6;/h1-6H3;1H. The van der Waals surface area contributed by atoms with Gasteiger partial charge in [0.15, 0.2) is 0 Å². The predicted molar refractivity (Wildman–Crippen MR) is 43.1 cm³/mol. The Bertz CT molecular complexity index is 74.4. The first-order chi connectivity index (χ1) is 3.71. The van der Waals surface area contributed by atoms with Gasteiger partial charge in [0, 0.05) is 0 Å². The lowest BCUT2D eigenvalue weighted by Gasteiger charge is -2.30. The summed E-state index contributed by atoms with van der Waals surface area (Å²) < 4.78 is 5.62. The minimum atomic E-state index is -0.0156. The van der Waals surface area contributed by atoms with Gasteiger partial charge in [-0.3, -0.25) is 4.70 Å². The van der Waals surface area contributed by atoms with Crippen LogP contribution in [-0.4, -0.2) is 11.2 Å². The summed E-state index contributed by atoms with van der Waals surface area (Å²) in [5.74, 6) is 0. The van der Waals surface area contributed by atoms with Crippen molar-refractivity contribution in [3.05, 3.63) is 0 Å². The Morgan fingerprint density at radius 1 is 0.700 bits per heavy atom. The van der Waals surface area contributed by atoms with Gasteiger partial charge in [-0.2, -0.15) is 0 Å². The van der Waals surface area contributed by atoms with Gasteiger partial charge in [-0.1, -0.05) is 0 Å². The molecule has 0 aromatic heterocycles. The quantitative estimate of drug-likeness (QED) is 0.516.